The fourth-order valence-corrected chi connectivity index (χ4v) is 3.55. The largest absolute Gasteiger partial charge is 0.496 e. The zero-order valence-corrected chi connectivity index (χ0v) is 17.7. The van der Waals surface area contributed by atoms with Crippen molar-refractivity contribution in [3.05, 3.63) is 59.4 Å². The molecule has 0 radical (unpaired) electrons. The van der Waals surface area contributed by atoms with E-state index in [0.717, 1.165) is 23.4 Å². The molecular formula is C23H31FN4O2. The number of hydrogen-bond acceptors (Lipinski definition) is 4. The van der Waals surface area contributed by atoms with E-state index in [0.29, 0.717) is 50.7 Å². The van der Waals surface area contributed by atoms with Crippen molar-refractivity contribution in [3.8, 4) is 5.75 Å². The van der Waals surface area contributed by atoms with E-state index in [9.17, 15) is 9.50 Å². The van der Waals surface area contributed by atoms with Crippen molar-refractivity contribution in [1.82, 2.24) is 10.6 Å². The van der Waals surface area contributed by atoms with Gasteiger partial charge in [-0.1, -0.05) is 24.3 Å². The number of guanidine groups is 1. The van der Waals surface area contributed by atoms with Gasteiger partial charge in [0.2, 0.25) is 0 Å². The highest BCUT2D eigenvalue weighted by Gasteiger charge is 2.19. The Morgan fingerprint density at radius 3 is 2.67 bits per heavy atom. The minimum absolute atomic E-state index is 0.244. The van der Waals surface area contributed by atoms with Gasteiger partial charge < -0.3 is 25.4 Å². The maximum Gasteiger partial charge on any atom is 0.191 e. The quantitative estimate of drug-likeness (QED) is 0.480. The second-order valence-corrected chi connectivity index (χ2v) is 7.36. The number of methoxy groups -OCH3 is 1. The maximum absolute atomic E-state index is 14.7. The molecule has 30 heavy (non-hydrogen) atoms. The van der Waals surface area contributed by atoms with Crippen molar-refractivity contribution in [2.24, 2.45) is 4.99 Å². The van der Waals surface area contributed by atoms with Crippen LogP contribution in [0.25, 0.3) is 0 Å². The van der Waals surface area contributed by atoms with Crippen molar-refractivity contribution < 1.29 is 14.2 Å². The molecule has 0 aromatic heterocycles. The number of benzene rings is 2. The molecule has 3 N–H and O–H groups in total. The molecule has 6 nitrogen and oxygen atoms in total. The monoisotopic (exact) mass is 414 g/mol. The van der Waals surface area contributed by atoms with Gasteiger partial charge in [-0.25, -0.2) is 9.38 Å². The third kappa shape index (κ3) is 5.86. The maximum atomic E-state index is 14.7. The van der Waals surface area contributed by atoms with Crippen molar-refractivity contribution in [2.45, 2.75) is 39.0 Å². The average molecular weight is 415 g/mol. The highest BCUT2D eigenvalue weighted by Crippen LogP contribution is 2.24. The minimum Gasteiger partial charge on any atom is -0.496 e. The smallest absolute Gasteiger partial charge is 0.191 e. The Balaban J connectivity index is 1.63. The van der Waals surface area contributed by atoms with Crippen molar-refractivity contribution >= 4 is 11.6 Å². The number of rotatable bonds is 7. The van der Waals surface area contributed by atoms with Crippen LogP contribution in [0, 0.1) is 5.82 Å². The second-order valence-electron chi connectivity index (χ2n) is 7.36. The van der Waals surface area contributed by atoms with Crippen LogP contribution in [0.5, 0.6) is 5.75 Å². The lowest BCUT2D eigenvalue weighted by atomic mass is 10.1. The van der Waals surface area contributed by atoms with E-state index in [1.807, 2.05) is 48.2 Å². The summed E-state index contributed by atoms with van der Waals surface area (Å²) in [7, 11) is 1.66. The molecule has 0 saturated carbocycles. The summed E-state index contributed by atoms with van der Waals surface area (Å²) < 4.78 is 20.0. The van der Waals surface area contributed by atoms with Gasteiger partial charge in [-0.2, -0.15) is 0 Å². The number of ether oxygens (including phenoxy) is 1. The van der Waals surface area contributed by atoms with E-state index in [-0.39, 0.29) is 11.9 Å². The third-order valence-electron chi connectivity index (χ3n) is 5.22. The van der Waals surface area contributed by atoms with Crippen molar-refractivity contribution in [2.75, 3.05) is 31.6 Å². The number of aliphatic imine (C=N–C) groups is 1. The zero-order valence-electron chi connectivity index (χ0n) is 17.7. The molecule has 0 bridgehead atoms. The highest BCUT2D eigenvalue weighted by molar-refractivity contribution is 5.79. The van der Waals surface area contributed by atoms with Crippen LogP contribution in [-0.4, -0.2) is 43.9 Å². The van der Waals surface area contributed by atoms with E-state index in [1.165, 1.54) is 0 Å². The number of hydrogen-bond donors (Lipinski definition) is 3. The number of nitrogens with zero attached hydrogens (tertiary/aromatic N) is 2. The van der Waals surface area contributed by atoms with E-state index in [4.69, 9.17) is 4.74 Å². The van der Waals surface area contributed by atoms with Crippen LogP contribution in [0.4, 0.5) is 10.1 Å². The molecule has 1 aliphatic heterocycles. The lowest BCUT2D eigenvalue weighted by Gasteiger charge is -2.31. The van der Waals surface area contributed by atoms with Crippen LogP contribution in [0.3, 0.4) is 0 Å². The summed E-state index contributed by atoms with van der Waals surface area (Å²) in [5.41, 5.74) is 2.44. The summed E-state index contributed by atoms with van der Waals surface area (Å²) in [6.07, 6.45) is 1.08. The first-order chi connectivity index (χ1) is 14.6. The van der Waals surface area contributed by atoms with Gasteiger partial charge >= 0.3 is 0 Å². The standard InChI is InChI=1S/C23H31FN4O2/c1-3-25-23(27-16-18-6-4-5-7-22(18)30-2)26-15-17-8-9-21(20(24)14-17)28-12-10-19(29)11-13-28/h4-9,14,19,29H,3,10-13,15-16H2,1-2H3,(H2,25,26,27). The molecule has 0 amide bonds. The zero-order chi connectivity index (χ0) is 21.3. The van der Waals surface area contributed by atoms with E-state index in [1.54, 1.807) is 13.2 Å². The Morgan fingerprint density at radius 1 is 1.20 bits per heavy atom. The summed E-state index contributed by atoms with van der Waals surface area (Å²) >= 11 is 0. The predicted octanol–water partition coefficient (Wildman–Crippen LogP) is 3.05. The fraction of sp³-hybridized carbons (Fsp3) is 0.435. The molecule has 0 unspecified atom stereocenters. The molecule has 1 heterocycles. The van der Waals surface area contributed by atoms with Gasteiger partial charge in [0.05, 0.1) is 25.4 Å². The van der Waals surface area contributed by atoms with E-state index in [2.05, 4.69) is 15.6 Å². The number of nitrogens with one attached hydrogen (secondary N) is 2. The SMILES string of the molecule is CCNC(=NCc1ccc(N2CCC(O)CC2)c(F)c1)NCc1ccccc1OC. The molecule has 2 aromatic rings. The molecule has 3 rings (SSSR count). The van der Waals surface area contributed by atoms with Gasteiger partial charge in [0, 0.05) is 31.7 Å². The number of halogens is 1. The Hall–Kier alpha value is -2.80. The average Bonchev–Trinajstić information content (AvgIpc) is 2.76. The Labute approximate surface area is 177 Å². The normalized spacial score (nSPS) is 15.2. The van der Waals surface area contributed by atoms with Gasteiger partial charge in [0.25, 0.3) is 0 Å². The predicted molar refractivity (Wildman–Crippen MR) is 119 cm³/mol. The summed E-state index contributed by atoms with van der Waals surface area (Å²) in [4.78, 5) is 6.58. The molecule has 1 aliphatic rings. The first-order valence-corrected chi connectivity index (χ1v) is 10.5. The molecule has 1 saturated heterocycles. The van der Waals surface area contributed by atoms with Crippen LogP contribution in [0.15, 0.2) is 47.5 Å². The lowest BCUT2D eigenvalue weighted by molar-refractivity contribution is 0.145. The number of anilines is 1. The minimum atomic E-state index is -0.272. The molecule has 0 atom stereocenters. The second kappa shape index (κ2) is 10.8. The van der Waals surface area contributed by atoms with Crippen LogP contribution in [-0.2, 0) is 13.1 Å². The molecule has 162 valence electrons. The summed E-state index contributed by atoms with van der Waals surface area (Å²) in [6, 6.07) is 13.1. The lowest BCUT2D eigenvalue weighted by Crippen LogP contribution is -2.37. The molecule has 7 heteroatoms. The van der Waals surface area contributed by atoms with Crippen LogP contribution in [0.1, 0.15) is 30.9 Å². The van der Waals surface area contributed by atoms with Gasteiger partial charge in [0.1, 0.15) is 11.6 Å². The highest BCUT2D eigenvalue weighted by atomic mass is 19.1. The van der Waals surface area contributed by atoms with Crippen molar-refractivity contribution in [3.63, 3.8) is 0 Å². The Kier molecular flexibility index (Phi) is 7.90. The van der Waals surface area contributed by atoms with E-state index >= 15 is 0 Å². The van der Waals surface area contributed by atoms with Crippen LogP contribution < -0.4 is 20.3 Å². The first kappa shape index (κ1) is 21.9. The van der Waals surface area contributed by atoms with E-state index < -0.39 is 0 Å². The summed E-state index contributed by atoms with van der Waals surface area (Å²) in [5.74, 6) is 1.24. The molecule has 2 aromatic carbocycles. The number of aliphatic hydroxyl groups excluding tert-OH is 1. The Bertz CT molecular complexity index is 851. The van der Waals surface area contributed by atoms with Crippen molar-refractivity contribution in [1.29, 1.82) is 0 Å². The molecule has 0 aliphatic carbocycles. The third-order valence-corrected chi connectivity index (χ3v) is 5.22. The molecule has 1 fully saturated rings. The topological polar surface area (TPSA) is 69.1 Å². The van der Waals surface area contributed by atoms with Gasteiger partial charge in [-0.3, -0.25) is 0 Å². The fourth-order valence-electron chi connectivity index (χ4n) is 3.55. The number of aliphatic hydroxyl groups is 1. The van der Waals surface area contributed by atoms with Gasteiger partial charge in [-0.15, -0.1) is 0 Å². The van der Waals surface area contributed by atoms with Gasteiger partial charge in [0.15, 0.2) is 5.96 Å². The van der Waals surface area contributed by atoms with Crippen LogP contribution in [0.2, 0.25) is 0 Å². The summed E-state index contributed by atoms with van der Waals surface area (Å²) in [5, 5.41) is 16.2. The molecule has 0 spiro atoms. The Morgan fingerprint density at radius 2 is 1.97 bits per heavy atom. The van der Waals surface area contributed by atoms with Crippen LogP contribution >= 0.6 is 0 Å². The first-order valence-electron chi connectivity index (χ1n) is 10.5. The number of piperidine rings is 1. The van der Waals surface area contributed by atoms with Gasteiger partial charge in [-0.05, 0) is 43.5 Å². The summed E-state index contributed by atoms with van der Waals surface area (Å²) in [6.45, 7) is 5.03. The number of para-hydroxylation sites is 1. The molecular weight excluding hydrogens is 383 g/mol.